The first kappa shape index (κ1) is 11.2. The summed E-state index contributed by atoms with van der Waals surface area (Å²) < 4.78 is 8.61. The van der Waals surface area contributed by atoms with E-state index in [0.29, 0.717) is 12.1 Å². The maximum Gasteiger partial charge on any atom is 0.226 e. The second-order valence-electron chi connectivity index (χ2n) is 4.78. The van der Waals surface area contributed by atoms with E-state index in [1.807, 2.05) is 0 Å². The van der Waals surface area contributed by atoms with Gasteiger partial charge in [-0.3, -0.25) is 4.57 Å². The van der Waals surface area contributed by atoms with Crippen LogP contribution >= 0.6 is 12.2 Å². The molecule has 2 aliphatic rings. The summed E-state index contributed by atoms with van der Waals surface area (Å²) in [6.07, 6.45) is 3.82. The second-order valence-corrected chi connectivity index (χ2v) is 5.16. The first-order chi connectivity index (χ1) is 8.29. The Morgan fingerprint density at radius 2 is 2.35 bits per heavy atom. The molecule has 0 amide bonds. The summed E-state index contributed by atoms with van der Waals surface area (Å²) in [4.78, 5) is 2.29. The number of ether oxygens (including phenoxy) is 1. The van der Waals surface area contributed by atoms with Crippen LogP contribution in [0, 0.1) is 4.77 Å². The van der Waals surface area contributed by atoms with E-state index in [2.05, 4.69) is 26.6 Å². The molecule has 17 heavy (non-hydrogen) atoms. The van der Waals surface area contributed by atoms with Crippen LogP contribution < -0.4 is 4.90 Å². The van der Waals surface area contributed by atoms with E-state index in [1.165, 1.54) is 12.8 Å². The summed E-state index contributed by atoms with van der Waals surface area (Å²) >= 11 is 5.30. The number of aromatic nitrogens is 3. The highest BCUT2D eigenvalue weighted by atomic mass is 32.1. The maximum absolute atomic E-state index is 5.69. The summed E-state index contributed by atoms with van der Waals surface area (Å²) in [6, 6.07) is 0.569. The molecule has 0 radical (unpaired) electrons. The molecular formula is C11H18N4OS. The Kier molecular flexibility index (Phi) is 2.92. The third-order valence-electron chi connectivity index (χ3n) is 3.47. The van der Waals surface area contributed by atoms with E-state index >= 15 is 0 Å². The van der Waals surface area contributed by atoms with Gasteiger partial charge in [0.05, 0.1) is 12.7 Å². The molecule has 1 aliphatic heterocycles. The van der Waals surface area contributed by atoms with Crippen LogP contribution in [0.15, 0.2) is 0 Å². The fourth-order valence-corrected chi connectivity index (χ4v) is 2.61. The molecule has 0 bridgehead atoms. The molecular weight excluding hydrogens is 236 g/mol. The Balaban J connectivity index is 1.85. The average Bonchev–Trinajstić information content (AvgIpc) is 3.12. The van der Waals surface area contributed by atoms with Crippen molar-refractivity contribution in [1.29, 1.82) is 0 Å². The lowest BCUT2D eigenvalue weighted by molar-refractivity contribution is 0.0376. The molecule has 94 valence electrons. The van der Waals surface area contributed by atoms with Gasteiger partial charge in [-0.05, 0) is 31.5 Å². The Hall–Kier alpha value is -0.880. The predicted octanol–water partition coefficient (Wildman–Crippen LogP) is 1.89. The maximum atomic E-state index is 5.69. The predicted molar refractivity (Wildman–Crippen MR) is 67.9 cm³/mol. The lowest BCUT2D eigenvalue weighted by Gasteiger charge is -2.33. The number of H-pyrrole nitrogens is 1. The molecule has 2 fully saturated rings. The quantitative estimate of drug-likeness (QED) is 0.837. The minimum atomic E-state index is 0.321. The van der Waals surface area contributed by atoms with Crippen LogP contribution in [0.1, 0.15) is 32.2 Å². The molecule has 0 aromatic carbocycles. The molecule has 0 spiro atoms. The van der Waals surface area contributed by atoms with E-state index in [-0.39, 0.29) is 0 Å². The first-order valence-electron chi connectivity index (χ1n) is 6.33. The number of morpholine rings is 1. The van der Waals surface area contributed by atoms with Crippen LogP contribution in [-0.4, -0.2) is 40.6 Å². The van der Waals surface area contributed by atoms with Crippen LogP contribution in [0.3, 0.4) is 0 Å². The van der Waals surface area contributed by atoms with Gasteiger partial charge in [-0.25, -0.2) is 5.10 Å². The van der Waals surface area contributed by atoms with Crippen molar-refractivity contribution in [2.24, 2.45) is 0 Å². The minimum Gasteiger partial charge on any atom is -0.375 e. The van der Waals surface area contributed by atoms with Crippen molar-refractivity contribution >= 4 is 18.2 Å². The van der Waals surface area contributed by atoms with Gasteiger partial charge in [0.15, 0.2) is 4.77 Å². The molecule has 1 saturated heterocycles. The van der Waals surface area contributed by atoms with E-state index in [1.54, 1.807) is 0 Å². The van der Waals surface area contributed by atoms with E-state index in [9.17, 15) is 0 Å². The van der Waals surface area contributed by atoms with Gasteiger partial charge in [-0.2, -0.15) is 0 Å². The third kappa shape index (κ3) is 2.11. The smallest absolute Gasteiger partial charge is 0.226 e. The van der Waals surface area contributed by atoms with Crippen molar-refractivity contribution < 1.29 is 4.74 Å². The van der Waals surface area contributed by atoms with Crippen molar-refractivity contribution in [3.63, 3.8) is 0 Å². The second kappa shape index (κ2) is 4.42. The molecule has 1 saturated carbocycles. The summed E-state index contributed by atoms with van der Waals surface area (Å²) in [5, 5.41) is 7.31. The SMILES string of the molecule is CCC1CN(c2n[nH]c(=S)n2C2CC2)CCO1. The number of nitrogens with zero attached hydrogens (tertiary/aromatic N) is 3. The van der Waals surface area contributed by atoms with Crippen molar-refractivity contribution in [3.05, 3.63) is 4.77 Å². The van der Waals surface area contributed by atoms with E-state index < -0.39 is 0 Å². The molecule has 1 aliphatic carbocycles. The first-order valence-corrected chi connectivity index (χ1v) is 6.74. The average molecular weight is 254 g/mol. The summed E-state index contributed by atoms with van der Waals surface area (Å²) in [5.74, 6) is 0.999. The number of rotatable bonds is 3. The normalized spacial score (nSPS) is 25.2. The van der Waals surface area contributed by atoms with Gasteiger partial charge in [0.1, 0.15) is 0 Å². The van der Waals surface area contributed by atoms with Gasteiger partial charge in [0.2, 0.25) is 5.95 Å². The number of aromatic amines is 1. The van der Waals surface area contributed by atoms with E-state index in [0.717, 1.165) is 36.8 Å². The molecule has 1 aromatic rings. The van der Waals surface area contributed by atoms with Gasteiger partial charge >= 0.3 is 0 Å². The lowest BCUT2D eigenvalue weighted by atomic mass is 10.2. The Labute approximate surface area is 106 Å². The van der Waals surface area contributed by atoms with Crippen molar-refractivity contribution in [2.45, 2.75) is 38.3 Å². The van der Waals surface area contributed by atoms with Gasteiger partial charge < -0.3 is 9.64 Å². The lowest BCUT2D eigenvalue weighted by Crippen LogP contribution is -2.43. The zero-order chi connectivity index (χ0) is 11.8. The molecule has 1 unspecified atom stereocenters. The fraction of sp³-hybridized carbons (Fsp3) is 0.818. The molecule has 3 rings (SSSR count). The highest BCUT2D eigenvalue weighted by Gasteiger charge is 2.30. The van der Waals surface area contributed by atoms with Crippen LogP contribution in [0.25, 0.3) is 0 Å². The van der Waals surface area contributed by atoms with Crippen LogP contribution in [0.5, 0.6) is 0 Å². The largest absolute Gasteiger partial charge is 0.375 e. The summed E-state index contributed by atoms with van der Waals surface area (Å²) in [5.41, 5.74) is 0. The van der Waals surface area contributed by atoms with Crippen molar-refractivity contribution in [3.8, 4) is 0 Å². The number of hydrogen-bond donors (Lipinski definition) is 1. The van der Waals surface area contributed by atoms with Gasteiger partial charge in [-0.15, -0.1) is 5.10 Å². The van der Waals surface area contributed by atoms with E-state index in [4.69, 9.17) is 17.0 Å². The fourth-order valence-electron chi connectivity index (χ4n) is 2.33. The molecule has 6 heteroatoms. The monoisotopic (exact) mass is 254 g/mol. The zero-order valence-corrected chi connectivity index (χ0v) is 10.9. The number of anilines is 1. The standard InChI is InChI=1S/C11H18N4OS/c1-2-9-7-14(5-6-16-9)10-12-13-11(17)15(10)8-3-4-8/h8-9H,2-7H2,1H3,(H,13,17). The van der Waals surface area contributed by atoms with Gasteiger partial charge in [0, 0.05) is 19.1 Å². The van der Waals surface area contributed by atoms with Gasteiger partial charge in [0.25, 0.3) is 0 Å². The molecule has 1 aromatic heterocycles. The van der Waals surface area contributed by atoms with Crippen LogP contribution in [-0.2, 0) is 4.74 Å². The third-order valence-corrected chi connectivity index (χ3v) is 3.76. The van der Waals surface area contributed by atoms with Gasteiger partial charge in [-0.1, -0.05) is 6.92 Å². The highest BCUT2D eigenvalue weighted by molar-refractivity contribution is 7.71. The topological polar surface area (TPSA) is 46.1 Å². The molecule has 1 N–H and O–H groups in total. The number of hydrogen-bond acceptors (Lipinski definition) is 4. The Bertz CT molecular complexity index is 451. The number of nitrogens with one attached hydrogen (secondary N) is 1. The van der Waals surface area contributed by atoms with Crippen molar-refractivity contribution in [1.82, 2.24) is 14.8 Å². The zero-order valence-electron chi connectivity index (χ0n) is 10.1. The molecule has 5 nitrogen and oxygen atoms in total. The Morgan fingerprint density at radius 1 is 1.53 bits per heavy atom. The highest BCUT2D eigenvalue weighted by Crippen LogP contribution is 2.38. The molecule has 1 atom stereocenters. The van der Waals surface area contributed by atoms with Crippen LogP contribution in [0.2, 0.25) is 0 Å². The Morgan fingerprint density at radius 3 is 3.06 bits per heavy atom. The molecule has 2 heterocycles. The van der Waals surface area contributed by atoms with Crippen LogP contribution in [0.4, 0.5) is 5.95 Å². The summed E-state index contributed by atoms with van der Waals surface area (Å²) in [7, 11) is 0. The van der Waals surface area contributed by atoms with Crippen molar-refractivity contribution in [2.75, 3.05) is 24.6 Å². The minimum absolute atomic E-state index is 0.321. The summed E-state index contributed by atoms with van der Waals surface area (Å²) in [6.45, 7) is 4.76.